The molecule has 2 aliphatic rings. The summed E-state index contributed by atoms with van der Waals surface area (Å²) in [5.74, 6) is -1.71. The van der Waals surface area contributed by atoms with Crippen molar-refractivity contribution in [3.8, 4) is 0 Å². The zero-order valence-electron chi connectivity index (χ0n) is 20.2. The van der Waals surface area contributed by atoms with Crippen LogP contribution in [0.1, 0.15) is 18.9 Å². The number of hydrogen-bond donors (Lipinski definition) is 4. The van der Waals surface area contributed by atoms with Gasteiger partial charge in [-0.1, -0.05) is 37.3 Å². The summed E-state index contributed by atoms with van der Waals surface area (Å²) in [6, 6.07) is 8.16. The number of nitrogens with zero attached hydrogens (tertiary/aromatic N) is 1. The van der Waals surface area contributed by atoms with Crippen molar-refractivity contribution in [3.63, 3.8) is 0 Å². The molecule has 4 N–H and O–H groups in total. The first-order valence-electron chi connectivity index (χ1n) is 11.9. The van der Waals surface area contributed by atoms with Crippen LogP contribution < -0.4 is 21.4 Å². The highest BCUT2D eigenvalue weighted by Crippen LogP contribution is 2.31. The molecule has 0 radical (unpaired) electrons. The third-order valence-corrected chi connectivity index (χ3v) is 7.79. The van der Waals surface area contributed by atoms with Crippen LogP contribution in [0, 0.1) is 0 Å². The number of epoxide rings is 1. The summed E-state index contributed by atoms with van der Waals surface area (Å²) >= 11 is 0. The van der Waals surface area contributed by atoms with Crippen molar-refractivity contribution < 1.29 is 32.3 Å². The van der Waals surface area contributed by atoms with Gasteiger partial charge in [0.05, 0.1) is 37.7 Å². The van der Waals surface area contributed by atoms with Crippen LogP contribution in [0.2, 0.25) is 0 Å². The summed E-state index contributed by atoms with van der Waals surface area (Å²) < 4.78 is 28.2. The van der Waals surface area contributed by atoms with Crippen molar-refractivity contribution in [2.24, 2.45) is 0 Å². The first kappa shape index (κ1) is 27.7. The summed E-state index contributed by atoms with van der Waals surface area (Å²) in [6.07, 6.45) is 0.729. The number of carbonyl (C=O) groups is 4. The number of rotatable bonds is 13. The van der Waals surface area contributed by atoms with Gasteiger partial charge in [-0.05, 0) is 12.0 Å². The molecule has 2 heterocycles. The van der Waals surface area contributed by atoms with Gasteiger partial charge in [-0.2, -0.15) is 0 Å². The van der Waals surface area contributed by atoms with E-state index < -0.39 is 39.2 Å². The van der Waals surface area contributed by atoms with Gasteiger partial charge in [0.2, 0.25) is 17.7 Å². The highest BCUT2D eigenvalue weighted by molar-refractivity contribution is 7.91. The van der Waals surface area contributed by atoms with Crippen molar-refractivity contribution in [2.45, 2.75) is 31.4 Å². The van der Waals surface area contributed by atoms with Crippen molar-refractivity contribution in [1.82, 2.24) is 26.4 Å². The van der Waals surface area contributed by atoms with Crippen LogP contribution in [0.25, 0.3) is 0 Å². The van der Waals surface area contributed by atoms with Gasteiger partial charge in [0.1, 0.15) is 6.04 Å². The molecule has 2 saturated heterocycles. The van der Waals surface area contributed by atoms with E-state index in [1.54, 1.807) is 5.01 Å². The number of carbonyl (C=O) groups excluding carboxylic acids is 4. The highest BCUT2D eigenvalue weighted by atomic mass is 32.2. The lowest BCUT2D eigenvalue weighted by atomic mass is 10.0. The molecule has 0 spiro atoms. The average molecular weight is 524 g/mol. The SMILES string of the molecule is CC[C@]1(C(=O)CNC(=O)[C@H](Cc2ccccc2)NC(=O)CNC(=O)CNN2CCS(=O)(=O)CC2)CO1. The van der Waals surface area contributed by atoms with E-state index in [9.17, 15) is 27.6 Å². The van der Waals surface area contributed by atoms with Gasteiger partial charge in [0, 0.05) is 19.5 Å². The van der Waals surface area contributed by atoms with E-state index in [-0.39, 0.29) is 56.4 Å². The summed E-state index contributed by atoms with van der Waals surface area (Å²) in [7, 11) is -3.02. The van der Waals surface area contributed by atoms with Gasteiger partial charge in [0.15, 0.2) is 21.2 Å². The molecule has 198 valence electrons. The van der Waals surface area contributed by atoms with E-state index in [0.29, 0.717) is 13.0 Å². The van der Waals surface area contributed by atoms with E-state index in [1.807, 2.05) is 37.3 Å². The molecule has 13 heteroatoms. The molecule has 3 rings (SSSR count). The van der Waals surface area contributed by atoms with Gasteiger partial charge in [-0.15, -0.1) is 0 Å². The number of amides is 3. The first-order chi connectivity index (χ1) is 17.1. The topological polar surface area (TPSA) is 166 Å². The second-order valence-electron chi connectivity index (χ2n) is 8.84. The van der Waals surface area contributed by atoms with Crippen LogP contribution in [0.3, 0.4) is 0 Å². The smallest absolute Gasteiger partial charge is 0.243 e. The summed E-state index contributed by atoms with van der Waals surface area (Å²) in [5.41, 5.74) is 2.85. The van der Waals surface area contributed by atoms with Crippen LogP contribution in [-0.4, -0.2) is 99.4 Å². The number of sulfone groups is 1. The van der Waals surface area contributed by atoms with Gasteiger partial charge in [0.25, 0.3) is 0 Å². The van der Waals surface area contributed by atoms with E-state index in [4.69, 9.17) is 4.74 Å². The molecule has 1 aromatic rings. The van der Waals surface area contributed by atoms with E-state index >= 15 is 0 Å². The molecule has 2 atom stereocenters. The van der Waals surface area contributed by atoms with Gasteiger partial charge in [-0.3, -0.25) is 19.2 Å². The second kappa shape index (κ2) is 12.4. The van der Waals surface area contributed by atoms with Crippen molar-refractivity contribution in [2.75, 3.05) is 50.8 Å². The number of Topliss-reactive ketones (excluding diaryl/α,β-unsaturated/α-hetero) is 1. The number of ketones is 1. The maximum absolute atomic E-state index is 12.8. The Balaban J connectivity index is 1.46. The Morgan fingerprint density at radius 3 is 2.28 bits per heavy atom. The fourth-order valence-electron chi connectivity index (χ4n) is 3.70. The first-order valence-corrected chi connectivity index (χ1v) is 13.7. The Morgan fingerprint density at radius 2 is 1.67 bits per heavy atom. The molecule has 0 aromatic heterocycles. The minimum absolute atomic E-state index is 0.0208. The molecule has 0 saturated carbocycles. The van der Waals surface area contributed by atoms with Crippen LogP contribution in [0.5, 0.6) is 0 Å². The number of hydrazine groups is 1. The van der Waals surface area contributed by atoms with Crippen LogP contribution in [0.4, 0.5) is 0 Å². The zero-order chi connectivity index (χ0) is 26.2. The molecule has 2 aliphatic heterocycles. The lowest BCUT2D eigenvalue weighted by molar-refractivity contribution is -0.131. The summed E-state index contributed by atoms with van der Waals surface area (Å²) in [5, 5.41) is 9.33. The molecule has 1 aromatic carbocycles. The maximum Gasteiger partial charge on any atom is 0.243 e. The van der Waals surface area contributed by atoms with Crippen LogP contribution in [0.15, 0.2) is 30.3 Å². The van der Waals surface area contributed by atoms with Gasteiger partial charge < -0.3 is 20.7 Å². The Morgan fingerprint density at radius 1 is 1.00 bits per heavy atom. The normalized spacial score (nSPS) is 21.7. The fourth-order valence-corrected chi connectivity index (χ4v) is 4.90. The van der Waals surface area contributed by atoms with Gasteiger partial charge in [-0.25, -0.2) is 18.9 Å². The van der Waals surface area contributed by atoms with E-state index in [2.05, 4.69) is 21.4 Å². The minimum atomic E-state index is -3.02. The number of nitrogens with one attached hydrogen (secondary N) is 4. The Bertz CT molecular complexity index is 1050. The fraction of sp³-hybridized carbons (Fsp3) is 0.565. The molecular formula is C23H33N5O7S. The Kier molecular flexibility index (Phi) is 9.54. The Labute approximate surface area is 210 Å². The third kappa shape index (κ3) is 8.36. The summed E-state index contributed by atoms with van der Waals surface area (Å²) in [6.45, 7) is 2.07. The molecule has 0 unspecified atom stereocenters. The van der Waals surface area contributed by atoms with E-state index in [1.165, 1.54) is 0 Å². The van der Waals surface area contributed by atoms with Crippen LogP contribution >= 0.6 is 0 Å². The molecule has 2 fully saturated rings. The predicted molar refractivity (Wildman–Crippen MR) is 130 cm³/mol. The standard InChI is InChI=1S/C23H33N5O7S/c1-2-23(16-35-23)19(29)13-25-22(32)18(12-17-6-4-3-5-7-17)27-21(31)14-24-20(30)15-26-28-8-10-36(33,34)11-9-28/h3-7,18,26H,2,8-16H2,1H3,(H,24,30)(H,25,32)(H,27,31)/t18-,23+/m0/s1. The highest BCUT2D eigenvalue weighted by Gasteiger charge is 2.49. The third-order valence-electron chi connectivity index (χ3n) is 6.18. The zero-order valence-corrected chi connectivity index (χ0v) is 21.1. The van der Waals surface area contributed by atoms with Crippen molar-refractivity contribution >= 4 is 33.3 Å². The number of ether oxygens (including phenoxy) is 1. The number of hydrogen-bond acceptors (Lipinski definition) is 9. The molecular weight excluding hydrogens is 490 g/mol. The minimum Gasteiger partial charge on any atom is -0.361 e. The van der Waals surface area contributed by atoms with Crippen molar-refractivity contribution in [1.29, 1.82) is 0 Å². The second-order valence-corrected chi connectivity index (χ2v) is 11.1. The predicted octanol–water partition coefficient (Wildman–Crippen LogP) is -2.07. The molecule has 0 aliphatic carbocycles. The quantitative estimate of drug-likeness (QED) is 0.212. The Hall–Kier alpha value is -2.87. The summed E-state index contributed by atoms with van der Waals surface area (Å²) in [4.78, 5) is 49.8. The largest absolute Gasteiger partial charge is 0.361 e. The van der Waals surface area contributed by atoms with Crippen molar-refractivity contribution in [3.05, 3.63) is 35.9 Å². The van der Waals surface area contributed by atoms with Gasteiger partial charge >= 0.3 is 0 Å². The molecule has 36 heavy (non-hydrogen) atoms. The lowest BCUT2D eigenvalue weighted by Gasteiger charge is -2.26. The molecule has 12 nitrogen and oxygen atoms in total. The molecule has 0 bridgehead atoms. The molecule has 3 amide bonds. The van der Waals surface area contributed by atoms with Crippen LogP contribution in [-0.2, 0) is 40.2 Å². The average Bonchev–Trinajstić information content (AvgIpc) is 3.67. The number of benzene rings is 1. The maximum atomic E-state index is 12.8. The van der Waals surface area contributed by atoms with E-state index in [0.717, 1.165) is 5.56 Å². The monoisotopic (exact) mass is 523 g/mol. The lowest BCUT2D eigenvalue weighted by Crippen LogP contribution is -2.53.